The molecule has 2 aliphatic heterocycles. The molecule has 0 amide bonds. The Morgan fingerprint density at radius 3 is 2.69 bits per heavy atom. The van der Waals surface area contributed by atoms with Gasteiger partial charge in [0, 0.05) is 18.9 Å². The Balaban J connectivity index is 1.62. The van der Waals surface area contributed by atoms with Crippen LogP contribution in [0.3, 0.4) is 0 Å². The fraction of sp³-hybridized carbons (Fsp3) is 0.632. The number of fused-ring (bicyclic) bond motifs is 2. The maximum Gasteiger partial charge on any atom is 0.490 e. The summed E-state index contributed by atoms with van der Waals surface area (Å²) in [7, 11) is 0. The van der Waals surface area contributed by atoms with Gasteiger partial charge in [-0.3, -0.25) is 5.32 Å². The van der Waals surface area contributed by atoms with Crippen LogP contribution in [0.4, 0.5) is 13.2 Å². The Hall–Kier alpha value is -1.76. The van der Waals surface area contributed by atoms with Crippen molar-refractivity contribution in [2.45, 2.75) is 75.9 Å². The first-order valence-corrected chi connectivity index (χ1v) is 9.13. The van der Waals surface area contributed by atoms with Crippen LogP contribution in [0.1, 0.15) is 51.0 Å². The van der Waals surface area contributed by atoms with Crippen LogP contribution >= 0.6 is 0 Å². The van der Waals surface area contributed by atoms with Crippen molar-refractivity contribution >= 4 is 5.97 Å². The smallest absolute Gasteiger partial charge is 0.490 e. The highest BCUT2D eigenvalue weighted by atomic mass is 19.4. The monoisotopic (exact) mass is 371 g/mol. The topological polar surface area (TPSA) is 47.6 Å². The molecule has 2 aliphatic rings. The molecule has 2 fully saturated rings. The number of aryl methyl sites for hydroxylation is 1. The zero-order valence-corrected chi connectivity index (χ0v) is 14.8. The fourth-order valence-corrected chi connectivity index (χ4v) is 3.79. The first-order chi connectivity index (χ1) is 12.3. The number of rotatable bonds is 6. The van der Waals surface area contributed by atoms with E-state index in [4.69, 9.17) is 9.47 Å². The van der Waals surface area contributed by atoms with E-state index in [1.165, 1.54) is 5.56 Å². The van der Waals surface area contributed by atoms with Crippen LogP contribution in [0.15, 0.2) is 24.3 Å². The normalized spacial score (nSPS) is 28.0. The van der Waals surface area contributed by atoms with Crippen LogP contribution in [0, 0.1) is 0 Å². The molecule has 1 aromatic rings. The lowest BCUT2D eigenvalue weighted by atomic mass is 9.99. The van der Waals surface area contributed by atoms with Gasteiger partial charge in [0.1, 0.15) is 11.9 Å². The minimum atomic E-state index is -4.99. The standard InChI is InChI=1S/C19H24F3NO3/c1-2-3-4-13-5-7-15(8-6-13)25-16-11-14-9-10-18(12-16,23-14)26-17(24)19(20,21)22/h5-8,14,16,23H,2-4,9-12H2,1H3. The van der Waals surface area contributed by atoms with Crippen LogP contribution < -0.4 is 10.1 Å². The Morgan fingerprint density at radius 1 is 1.31 bits per heavy atom. The molecule has 0 radical (unpaired) electrons. The van der Waals surface area contributed by atoms with E-state index in [-0.39, 0.29) is 18.6 Å². The van der Waals surface area contributed by atoms with Gasteiger partial charge in [0.15, 0.2) is 5.72 Å². The summed E-state index contributed by atoms with van der Waals surface area (Å²) >= 11 is 0. The van der Waals surface area contributed by atoms with E-state index in [1.807, 2.05) is 24.3 Å². The van der Waals surface area contributed by atoms with E-state index >= 15 is 0 Å². The second-order valence-electron chi connectivity index (χ2n) is 7.19. The van der Waals surface area contributed by atoms with E-state index in [2.05, 4.69) is 12.2 Å². The minimum Gasteiger partial charge on any atom is -0.490 e. The van der Waals surface area contributed by atoms with E-state index in [0.717, 1.165) is 19.3 Å². The van der Waals surface area contributed by atoms with Crippen molar-refractivity contribution in [1.82, 2.24) is 5.32 Å². The van der Waals surface area contributed by atoms with E-state index in [9.17, 15) is 18.0 Å². The van der Waals surface area contributed by atoms with Gasteiger partial charge >= 0.3 is 12.1 Å². The molecule has 26 heavy (non-hydrogen) atoms. The van der Waals surface area contributed by atoms with E-state index in [1.54, 1.807) is 0 Å². The molecule has 0 saturated carbocycles. The maximum atomic E-state index is 12.6. The number of carbonyl (C=O) groups excluding carboxylic acids is 1. The molecule has 2 bridgehead atoms. The number of piperidine rings is 1. The van der Waals surface area contributed by atoms with Gasteiger partial charge in [0.2, 0.25) is 0 Å². The number of hydrogen-bond donors (Lipinski definition) is 1. The molecule has 3 unspecified atom stereocenters. The largest absolute Gasteiger partial charge is 0.490 e. The summed E-state index contributed by atoms with van der Waals surface area (Å²) in [5, 5.41) is 3.03. The molecule has 0 spiro atoms. The Kier molecular flexibility index (Phi) is 5.46. The maximum absolute atomic E-state index is 12.6. The number of carbonyl (C=O) groups is 1. The van der Waals surface area contributed by atoms with Crippen LogP contribution in [-0.4, -0.2) is 30.0 Å². The second-order valence-corrected chi connectivity index (χ2v) is 7.19. The molecular formula is C19H24F3NO3. The number of esters is 1. The molecule has 0 aromatic heterocycles. The summed E-state index contributed by atoms with van der Waals surface area (Å²) in [6, 6.07) is 7.81. The molecule has 1 aromatic carbocycles. The first-order valence-electron chi connectivity index (χ1n) is 9.13. The number of unbranched alkanes of at least 4 members (excludes halogenated alkanes) is 1. The van der Waals surface area contributed by atoms with Gasteiger partial charge in [-0.2, -0.15) is 13.2 Å². The third-order valence-corrected chi connectivity index (χ3v) is 5.03. The van der Waals surface area contributed by atoms with Crippen LogP contribution in [0.2, 0.25) is 0 Å². The summed E-state index contributed by atoms with van der Waals surface area (Å²) in [4.78, 5) is 11.3. The van der Waals surface area contributed by atoms with E-state index in [0.29, 0.717) is 25.0 Å². The average Bonchev–Trinajstić information content (AvgIpc) is 2.88. The van der Waals surface area contributed by atoms with Gasteiger partial charge < -0.3 is 9.47 Å². The molecule has 2 saturated heterocycles. The molecular weight excluding hydrogens is 347 g/mol. The first kappa shape index (κ1) is 19.0. The van der Waals surface area contributed by atoms with Crippen LogP contribution in [0.5, 0.6) is 5.75 Å². The molecule has 2 heterocycles. The predicted molar refractivity (Wildman–Crippen MR) is 89.7 cm³/mol. The van der Waals surface area contributed by atoms with E-state index < -0.39 is 17.9 Å². The number of ether oxygens (including phenoxy) is 2. The molecule has 0 aliphatic carbocycles. The van der Waals surface area contributed by atoms with Crippen molar-refractivity contribution in [2.24, 2.45) is 0 Å². The van der Waals surface area contributed by atoms with Crippen LogP contribution in [0.25, 0.3) is 0 Å². The van der Waals surface area contributed by atoms with Gasteiger partial charge in [0.25, 0.3) is 0 Å². The molecule has 144 valence electrons. The highest BCUT2D eigenvalue weighted by molar-refractivity contribution is 5.76. The van der Waals surface area contributed by atoms with Gasteiger partial charge in [-0.1, -0.05) is 25.5 Å². The predicted octanol–water partition coefficient (Wildman–Crippen LogP) is 4.12. The van der Waals surface area contributed by atoms with Crippen molar-refractivity contribution < 1.29 is 27.4 Å². The number of alkyl halides is 3. The third-order valence-electron chi connectivity index (χ3n) is 5.03. The summed E-state index contributed by atoms with van der Waals surface area (Å²) in [5.41, 5.74) is -0.0403. The quantitative estimate of drug-likeness (QED) is 0.764. The fourth-order valence-electron chi connectivity index (χ4n) is 3.79. The third kappa shape index (κ3) is 4.50. The summed E-state index contributed by atoms with van der Waals surface area (Å²) in [6.07, 6.45) is -0.0655. The number of halogens is 3. The lowest BCUT2D eigenvalue weighted by molar-refractivity contribution is -0.219. The van der Waals surface area contributed by atoms with Gasteiger partial charge in [0.05, 0.1) is 0 Å². The van der Waals surface area contributed by atoms with Crippen LogP contribution in [-0.2, 0) is 16.0 Å². The summed E-state index contributed by atoms with van der Waals surface area (Å²) < 4.78 is 48.5. The van der Waals surface area contributed by atoms with Gasteiger partial charge in [-0.05, 0) is 43.4 Å². The number of benzene rings is 1. The zero-order chi connectivity index (χ0) is 18.8. The van der Waals surface area contributed by atoms with Crippen molar-refractivity contribution in [2.75, 3.05) is 0 Å². The SMILES string of the molecule is CCCCc1ccc(OC2CC3CCC(OC(=O)C(F)(F)F)(C2)N3)cc1. The molecule has 7 heteroatoms. The molecule has 3 atom stereocenters. The molecule has 4 nitrogen and oxygen atoms in total. The summed E-state index contributed by atoms with van der Waals surface area (Å²) in [5.74, 6) is -1.46. The average molecular weight is 371 g/mol. The zero-order valence-electron chi connectivity index (χ0n) is 14.8. The number of nitrogens with one attached hydrogen (secondary N) is 1. The minimum absolute atomic E-state index is 0.00129. The van der Waals surface area contributed by atoms with Crippen molar-refractivity contribution in [3.8, 4) is 5.75 Å². The molecule has 1 N–H and O–H groups in total. The Bertz CT molecular complexity index is 632. The Morgan fingerprint density at radius 2 is 2.04 bits per heavy atom. The second kappa shape index (κ2) is 7.47. The van der Waals surface area contributed by atoms with Gasteiger partial charge in [-0.15, -0.1) is 0 Å². The lowest BCUT2D eigenvalue weighted by Gasteiger charge is -2.38. The van der Waals surface area contributed by atoms with Gasteiger partial charge in [-0.25, -0.2) is 4.79 Å². The Labute approximate surface area is 151 Å². The molecule has 3 rings (SSSR count). The lowest BCUT2D eigenvalue weighted by Crippen LogP contribution is -2.56. The highest BCUT2D eigenvalue weighted by Gasteiger charge is 2.53. The number of hydrogen-bond acceptors (Lipinski definition) is 4. The van der Waals surface area contributed by atoms with Crippen molar-refractivity contribution in [3.63, 3.8) is 0 Å². The highest BCUT2D eigenvalue weighted by Crippen LogP contribution is 2.39. The van der Waals surface area contributed by atoms with Crippen molar-refractivity contribution in [1.29, 1.82) is 0 Å². The van der Waals surface area contributed by atoms with Crippen molar-refractivity contribution in [3.05, 3.63) is 29.8 Å². The summed E-state index contributed by atoms with van der Waals surface area (Å²) in [6.45, 7) is 2.14.